The first-order valence-corrected chi connectivity index (χ1v) is 6.00. The van der Waals surface area contributed by atoms with Crippen LogP contribution in [0.4, 0.5) is 0 Å². The van der Waals surface area contributed by atoms with Crippen molar-refractivity contribution >= 4 is 11.9 Å². The number of ether oxygens (including phenoxy) is 1. The van der Waals surface area contributed by atoms with Crippen molar-refractivity contribution in [3.05, 3.63) is 0 Å². The number of nitrogens with zero attached hydrogens (tertiary/aromatic N) is 1. The van der Waals surface area contributed by atoms with Gasteiger partial charge in [-0.15, -0.1) is 0 Å². The molecule has 0 aromatic carbocycles. The Morgan fingerprint density at radius 3 is 2.53 bits per heavy atom. The minimum Gasteiger partial charge on any atom is -0.480 e. The van der Waals surface area contributed by atoms with Gasteiger partial charge >= 0.3 is 5.97 Å². The molecule has 0 aromatic rings. The van der Waals surface area contributed by atoms with E-state index in [1.165, 1.54) is 4.90 Å². The first-order valence-electron chi connectivity index (χ1n) is 6.00. The number of rotatable bonds is 5. The molecule has 1 saturated heterocycles. The van der Waals surface area contributed by atoms with E-state index in [1.54, 1.807) is 7.05 Å². The summed E-state index contributed by atoms with van der Waals surface area (Å²) in [4.78, 5) is 24.6. The zero-order valence-corrected chi connectivity index (χ0v) is 10.7. The Kier molecular flexibility index (Phi) is 4.93. The van der Waals surface area contributed by atoms with Crippen molar-refractivity contribution in [2.75, 3.05) is 20.3 Å². The van der Waals surface area contributed by atoms with Gasteiger partial charge in [-0.2, -0.15) is 0 Å². The molecular formula is C12H21NO4. The topological polar surface area (TPSA) is 66.8 Å². The van der Waals surface area contributed by atoms with Crippen LogP contribution in [-0.2, 0) is 14.3 Å². The highest BCUT2D eigenvalue weighted by atomic mass is 16.5. The zero-order chi connectivity index (χ0) is 13.0. The van der Waals surface area contributed by atoms with E-state index in [9.17, 15) is 9.59 Å². The van der Waals surface area contributed by atoms with Gasteiger partial charge in [-0.3, -0.25) is 4.79 Å². The highest BCUT2D eigenvalue weighted by Crippen LogP contribution is 2.18. The number of aliphatic carboxylic acids is 1. The number of hydrogen-bond donors (Lipinski definition) is 1. The van der Waals surface area contributed by atoms with E-state index in [0.29, 0.717) is 26.1 Å². The van der Waals surface area contributed by atoms with Crippen LogP contribution in [-0.4, -0.2) is 48.2 Å². The number of likely N-dealkylation sites (N-methyl/N-ethyl adjacent to an activating group) is 1. The van der Waals surface area contributed by atoms with Gasteiger partial charge in [0.05, 0.1) is 12.5 Å². The molecule has 0 spiro atoms. The van der Waals surface area contributed by atoms with E-state index in [1.807, 2.05) is 13.8 Å². The van der Waals surface area contributed by atoms with Crippen LogP contribution in [0.3, 0.4) is 0 Å². The molecular weight excluding hydrogens is 222 g/mol. The van der Waals surface area contributed by atoms with Crippen molar-refractivity contribution in [2.45, 2.75) is 32.7 Å². The molecule has 1 amide bonds. The quantitative estimate of drug-likeness (QED) is 0.781. The molecule has 0 radical (unpaired) electrons. The highest BCUT2D eigenvalue weighted by molar-refractivity contribution is 5.85. The average molecular weight is 243 g/mol. The summed E-state index contributed by atoms with van der Waals surface area (Å²) in [7, 11) is 1.57. The van der Waals surface area contributed by atoms with Crippen LogP contribution >= 0.6 is 0 Å². The van der Waals surface area contributed by atoms with Crippen LogP contribution in [0.2, 0.25) is 0 Å². The maximum atomic E-state index is 12.1. The summed E-state index contributed by atoms with van der Waals surface area (Å²) in [5.74, 6) is -0.982. The summed E-state index contributed by atoms with van der Waals surface area (Å²) < 4.78 is 5.15. The minimum absolute atomic E-state index is 0.115. The Bertz CT molecular complexity index is 284. The monoisotopic (exact) mass is 243 g/mol. The normalized spacial score (nSPS) is 21.5. The van der Waals surface area contributed by atoms with Crippen LogP contribution in [0, 0.1) is 11.8 Å². The third-order valence-electron chi connectivity index (χ3n) is 3.07. The standard InChI is InChI=1S/C12H21NO4/c1-8(2)6-10(12(15)16)13(3)11(14)9-4-5-17-7-9/h8-10H,4-7H2,1-3H3,(H,15,16). The first-order chi connectivity index (χ1) is 7.93. The smallest absolute Gasteiger partial charge is 0.326 e. The van der Waals surface area contributed by atoms with Gasteiger partial charge in [-0.25, -0.2) is 4.79 Å². The summed E-state index contributed by atoms with van der Waals surface area (Å²) in [5.41, 5.74) is 0. The Labute approximate surface area is 102 Å². The summed E-state index contributed by atoms with van der Waals surface area (Å²) in [5, 5.41) is 9.16. The number of hydrogen-bond acceptors (Lipinski definition) is 3. The first kappa shape index (κ1) is 14.0. The zero-order valence-electron chi connectivity index (χ0n) is 10.7. The number of amides is 1. The lowest BCUT2D eigenvalue weighted by atomic mass is 10.0. The minimum atomic E-state index is -0.937. The maximum absolute atomic E-state index is 12.1. The number of carbonyl (C=O) groups is 2. The molecule has 0 saturated carbocycles. The molecule has 2 unspecified atom stereocenters. The third-order valence-corrected chi connectivity index (χ3v) is 3.07. The van der Waals surface area contributed by atoms with E-state index >= 15 is 0 Å². The van der Waals surface area contributed by atoms with Crippen LogP contribution in [0.1, 0.15) is 26.7 Å². The summed E-state index contributed by atoms with van der Waals surface area (Å²) in [6.45, 7) is 4.91. The van der Waals surface area contributed by atoms with Gasteiger partial charge in [0, 0.05) is 13.7 Å². The molecule has 1 rings (SSSR count). The fraction of sp³-hybridized carbons (Fsp3) is 0.833. The van der Waals surface area contributed by atoms with Crippen LogP contribution in [0.25, 0.3) is 0 Å². The predicted molar refractivity (Wildman–Crippen MR) is 62.6 cm³/mol. The molecule has 1 aliphatic heterocycles. The summed E-state index contributed by atoms with van der Waals surface area (Å²) >= 11 is 0. The van der Waals surface area contributed by atoms with Gasteiger partial charge in [0.2, 0.25) is 5.91 Å². The molecule has 1 fully saturated rings. The van der Waals surface area contributed by atoms with Crippen molar-refractivity contribution in [1.29, 1.82) is 0 Å². The summed E-state index contributed by atoms with van der Waals surface area (Å²) in [6.07, 6.45) is 1.17. The second-order valence-corrected chi connectivity index (χ2v) is 4.99. The number of carbonyl (C=O) groups excluding carboxylic acids is 1. The Hall–Kier alpha value is -1.10. The van der Waals surface area contributed by atoms with E-state index in [2.05, 4.69) is 0 Å². The average Bonchev–Trinajstić information content (AvgIpc) is 2.76. The molecule has 17 heavy (non-hydrogen) atoms. The molecule has 0 aromatic heterocycles. The molecule has 5 heteroatoms. The Morgan fingerprint density at radius 1 is 1.47 bits per heavy atom. The van der Waals surface area contributed by atoms with Gasteiger partial charge < -0.3 is 14.7 Å². The van der Waals surface area contributed by atoms with Crippen molar-refractivity contribution in [2.24, 2.45) is 11.8 Å². The van der Waals surface area contributed by atoms with Gasteiger partial charge in [0.15, 0.2) is 0 Å². The van der Waals surface area contributed by atoms with E-state index in [-0.39, 0.29) is 17.7 Å². The number of carboxylic acid groups (broad SMARTS) is 1. The fourth-order valence-electron chi connectivity index (χ4n) is 2.04. The number of carboxylic acids is 1. The van der Waals surface area contributed by atoms with Crippen LogP contribution in [0.5, 0.6) is 0 Å². The van der Waals surface area contributed by atoms with Crippen molar-refractivity contribution < 1.29 is 19.4 Å². The molecule has 0 bridgehead atoms. The fourth-order valence-corrected chi connectivity index (χ4v) is 2.04. The second-order valence-electron chi connectivity index (χ2n) is 4.99. The van der Waals surface area contributed by atoms with Gasteiger partial charge in [-0.05, 0) is 18.8 Å². The predicted octanol–water partition coefficient (Wildman–Crippen LogP) is 0.981. The lowest BCUT2D eigenvalue weighted by molar-refractivity contribution is -0.151. The van der Waals surface area contributed by atoms with Crippen LogP contribution in [0.15, 0.2) is 0 Å². The van der Waals surface area contributed by atoms with Crippen molar-refractivity contribution in [3.8, 4) is 0 Å². The molecule has 1 N–H and O–H groups in total. The lowest BCUT2D eigenvalue weighted by Gasteiger charge is -2.28. The van der Waals surface area contributed by atoms with Gasteiger partial charge in [-0.1, -0.05) is 13.8 Å². The van der Waals surface area contributed by atoms with Crippen molar-refractivity contribution in [1.82, 2.24) is 4.90 Å². The highest BCUT2D eigenvalue weighted by Gasteiger charge is 2.33. The van der Waals surface area contributed by atoms with E-state index in [4.69, 9.17) is 9.84 Å². The van der Waals surface area contributed by atoms with Crippen LogP contribution < -0.4 is 0 Å². The molecule has 5 nitrogen and oxygen atoms in total. The van der Waals surface area contributed by atoms with E-state index in [0.717, 1.165) is 0 Å². The van der Waals surface area contributed by atoms with E-state index < -0.39 is 12.0 Å². The third kappa shape index (κ3) is 3.70. The second kappa shape index (κ2) is 6.00. The SMILES string of the molecule is CC(C)CC(C(=O)O)N(C)C(=O)C1CCOC1. The molecule has 2 atom stereocenters. The molecule has 0 aliphatic carbocycles. The van der Waals surface area contributed by atoms with Gasteiger partial charge in [0.25, 0.3) is 0 Å². The van der Waals surface area contributed by atoms with Crippen molar-refractivity contribution in [3.63, 3.8) is 0 Å². The summed E-state index contributed by atoms with van der Waals surface area (Å²) in [6, 6.07) is -0.733. The molecule has 1 heterocycles. The molecule has 1 aliphatic rings. The Morgan fingerprint density at radius 2 is 2.12 bits per heavy atom. The molecule has 98 valence electrons. The largest absolute Gasteiger partial charge is 0.480 e. The van der Waals surface area contributed by atoms with Gasteiger partial charge in [0.1, 0.15) is 6.04 Å². The lowest BCUT2D eigenvalue weighted by Crippen LogP contribution is -2.45. The maximum Gasteiger partial charge on any atom is 0.326 e. The Balaban J connectivity index is 2.65.